The molecule has 0 saturated carbocycles. The molecule has 0 aliphatic heterocycles. The lowest BCUT2D eigenvalue weighted by Crippen LogP contribution is -2.22. The Hall–Kier alpha value is -4.17. The zero-order valence-electron chi connectivity index (χ0n) is 19.4. The minimum Gasteiger partial charge on any atom is -0.497 e. The number of para-hydroxylation sites is 1. The van der Waals surface area contributed by atoms with E-state index < -0.39 is 5.91 Å². The van der Waals surface area contributed by atoms with Crippen LogP contribution >= 0.6 is 0 Å². The van der Waals surface area contributed by atoms with Crippen LogP contribution in [-0.2, 0) is 6.61 Å². The average molecular weight is 460 g/mol. The molecule has 0 spiro atoms. The largest absolute Gasteiger partial charge is 0.497 e. The maximum Gasteiger partial charge on any atom is 0.261 e. The second-order valence-corrected chi connectivity index (χ2v) is 7.65. The van der Waals surface area contributed by atoms with E-state index >= 15 is 0 Å². The van der Waals surface area contributed by atoms with Crippen molar-refractivity contribution in [2.24, 2.45) is 4.99 Å². The number of aryl methyl sites for hydroxylation is 2. The van der Waals surface area contributed by atoms with Gasteiger partial charge in [-0.15, -0.1) is 0 Å². The van der Waals surface area contributed by atoms with Gasteiger partial charge in [0.15, 0.2) is 5.58 Å². The number of pyridine rings is 1. The van der Waals surface area contributed by atoms with Crippen LogP contribution in [0.25, 0.3) is 11.0 Å². The smallest absolute Gasteiger partial charge is 0.261 e. The molecule has 8 nitrogen and oxygen atoms in total. The third-order valence-electron chi connectivity index (χ3n) is 5.47. The van der Waals surface area contributed by atoms with Crippen molar-refractivity contribution in [1.82, 2.24) is 4.98 Å². The second-order valence-electron chi connectivity index (χ2n) is 7.65. The van der Waals surface area contributed by atoms with Crippen LogP contribution in [0.5, 0.6) is 11.5 Å². The van der Waals surface area contributed by atoms with Crippen LogP contribution in [0.3, 0.4) is 0 Å². The number of ether oxygens (including phenoxy) is 2. The Kier molecular flexibility index (Phi) is 6.60. The number of aromatic nitrogens is 1. The zero-order valence-corrected chi connectivity index (χ0v) is 19.4. The summed E-state index contributed by atoms with van der Waals surface area (Å²) in [5, 5.41) is 13.3. The highest BCUT2D eigenvalue weighted by molar-refractivity contribution is 6.06. The van der Waals surface area contributed by atoms with Crippen molar-refractivity contribution in [1.29, 1.82) is 0 Å². The molecule has 0 bridgehead atoms. The summed E-state index contributed by atoms with van der Waals surface area (Å²) in [5.74, 6) is 0.666. The molecule has 0 radical (unpaired) electrons. The summed E-state index contributed by atoms with van der Waals surface area (Å²) in [4.78, 5) is 22.3. The van der Waals surface area contributed by atoms with E-state index in [-0.39, 0.29) is 17.7 Å². The van der Waals surface area contributed by atoms with Crippen molar-refractivity contribution in [3.8, 4) is 11.5 Å². The number of nitrogens with one attached hydrogen (secondary N) is 1. The predicted octanol–water partition coefficient (Wildman–Crippen LogP) is 4.44. The van der Waals surface area contributed by atoms with Gasteiger partial charge in [0, 0.05) is 28.9 Å². The van der Waals surface area contributed by atoms with E-state index in [1.165, 1.54) is 7.11 Å². The maximum absolute atomic E-state index is 13.4. The number of methoxy groups -OCH3 is 2. The molecule has 8 heteroatoms. The molecule has 2 heterocycles. The van der Waals surface area contributed by atoms with Crippen molar-refractivity contribution < 1.29 is 23.8 Å². The number of aliphatic hydroxyl groups excluding tert-OH is 1. The summed E-state index contributed by atoms with van der Waals surface area (Å²) in [7, 11) is 3.09. The van der Waals surface area contributed by atoms with E-state index in [0.29, 0.717) is 45.1 Å². The molecule has 34 heavy (non-hydrogen) atoms. The number of rotatable bonds is 6. The number of hydrogen-bond donors (Lipinski definition) is 2. The first-order valence-corrected chi connectivity index (χ1v) is 10.6. The Morgan fingerprint density at radius 1 is 1.12 bits per heavy atom. The van der Waals surface area contributed by atoms with Gasteiger partial charge in [-0.25, -0.2) is 4.99 Å². The minimum atomic E-state index is -0.399. The van der Waals surface area contributed by atoms with E-state index in [0.717, 1.165) is 5.56 Å². The molecule has 2 N–H and O–H groups in total. The SMILES string of the molecule is COc1ccc(N=c2oc3c(C)ncc(CO)c3cc2C(=O)Nc2ccccc2C)c(OC)c1. The molecule has 4 rings (SSSR count). The number of hydrogen-bond acceptors (Lipinski definition) is 7. The van der Waals surface area contributed by atoms with Gasteiger partial charge in [-0.2, -0.15) is 0 Å². The Bertz CT molecular complexity index is 1440. The number of carbonyl (C=O) groups excluding carboxylic acids is 1. The minimum absolute atomic E-state index is 0.0852. The third-order valence-corrected chi connectivity index (χ3v) is 5.47. The fourth-order valence-electron chi connectivity index (χ4n) is 3.55. The van der Waals surface area contributed by atoms with Crippen molar-refractivity contribution in [3.05, 3.63) is 82.7 Å². The number of carbonyl (C=O) groups is 1. The monoisotopic (exact) mass is 459 g/mol. The van der Waals surface area contributed by atoms with Crippen LogP contribution in [0.1, 0.15) is 27.2 Å². The quantitative estimate of drug-likeness (QED) is 0.442. The summed E-state index contributed by atoms with van der Waals surface area (Å²) in [5.41, 5.74) is 3.93. The fourth-order valence-corrected chi connectivity index (χ4v) is 3.55. The lowest BCUT2D eigenvalue weighted by atomic mass is 10.1. The first-order valence-electron chi connectivity index (χ1n) is 10.6. The van der Waals surface area contributed by atoms with E-state index in [1.54, 1.807) is 44.5 Å². The molecule has 0 saturated heterocycles. The molecular formula is C26H25N3O5. The van der Waals surface area contributed by atoms with Gasteiger partial charge in [-0.3, -0.25) is 9.78 Å². The molecule has 4 aromatic rings. The zero-order chi connectivity index (χ0) is 24.2. The molecule has 0 atom stereocenters. The molecule has 1 amide bonds. The topological polar surface area (TPSA) is 106 Å². The maximum atomic E-state index is 13.4. The average Bonchev–Trinajstić information content (AvgIpc) is 2.85. The molecule has 0 fully saturated rings. The highest BCUT2D eigenvalue weighted by Crippen LogP contribution is 2.31. The van der Waals surface area contributed by atoms with Crippen LogP contribution in [0.4, 0.5) is 11.4 Å². The molecule has 2 aromatic heterocycles. The molecule has 2 aromatic carbocycles. The first kappa shape index (κ1) is 23.0. The van der Waals surface area contributed by atoms with E-state index in [1.807, 2.05) is 31.2 Å². The fraction of sp³-hybridized carbons (Fsp3) is 0.192. The molecule has 0 unspecified atom stereocenters. The molecule has 174 valence electrons. The summed E-state index contributed by atoms with van der Waals surface area (Å²) in [6.07, 6.45) is 1.57. The van der Waals surface area contributed by atoms with Gasteiger partial charge in [-0.05, 0) is 43.7 Å². The normalized spacial score (nSPS) is 11.5. The number of aliphatic hydroxyl groups is 1. The number of fused-ring (bicyclic) bond motifs is 1. The Balaban J connectivity index is 1.96. The van der Waals surface area contributed by atoms with Crippen molar-refractivity contribution in [2.75, 3.05) is 19.5 Å². The van der Waals surface area contributed by atoms with Crippen molar-refractivity contribution >= 4 is 28.3 Å². The van der Waals surface area contributed by atoms with Gasteiger partial charge in [0.1, 0.15) is 22.7 Å². The van der Waals surface area contributed by atoms with E-state index in [4.69, 9.17) is 13.9 Å². The van der Waals surface area contributed by atoms with E-state index in [9.17, 15) is 9.90 Å². The molecular weight excluding hydrogens is 434 g/mol. The van der Waals surface area contributed by atoms with Gasteiger partial charge < -0.3 is 24.3 Å². The van der Waals surface area contributed by atoms with Crippen LogP contribution in [0.2, 0.25) is 0 Å². The van der Waals surface area contributed by atoms with E-state index in [2.05, 4.69) is 15.3 Å². The summed E-state index contributed by atoms with van der Waals surface area (Å²) >= 11 is 0. The van der Waals surface area contributed by atoms with Gasteiger partial charge in [0.25, 0.3) is 5.91 Å². The molecule has 0 aliphatic rings. The highest BCUT2D eigenvalue weighted by Gasteiger charge is 2.17. The number of anilines is 1. The summed E-state index contributed by atoms with van der Waals surface area (Å²) < 4.78 is 16.8. The summed E-state index contributed by atoms with van der Waals surface area (Å²) in [6, 6.07) is 14.3. The lowest BCUT2D eigenvalue weighted by molar-refractivity contribution is 0.102. The highest BCUT2D eigenvalue weighted by atomic mass is 16.5. The number of benzene rings is 2. The Morgan fingerprint density at radius 2 is 1.91 bits per heavy atom. The second kappa shape index (κ2) is 9.76. The van der Waals surface area contributed by atoms with Crippen LogP contribution in [0.15, 0.2) is 64.1 Å². The Morgan fingerprint density at radius 3 is 2.62 bits per heavy atom. The van der Waals surface area contributed by atoms with Gasteiger partial charge in [0.2, 0.25) is 5.55 Å². The van der Waals surface area contributed by atoms with Gasteiger partial charge in [-0.1, -0.05) is 18.2 Å². The lowest BCUT2D eigenvalue weighted by Gasteiger charge is -2.11. The van der Waals surface area contributed by atoms with Gasteiger partial charge in [0.05, 0.1) is 26.5 Å². The van der Waals surface area contributed by atoms with Crippen molar-refractivity contribution in [2.45, 2.75) is 20.5 Å². The standard InChI is InChI=1S/C26H25N3O5/c1-15-7-5-6-8-21(15)28-25(31)20-12-19-17(14-30)13-27-16(2)24(19)34-26(20)29-22-10-9-18(32-3)11-23(22)33-4/h5-13,30H,14H2,1-4H3,(H,28,31). The molecule has 0 aliphatic carbocycles. The summed E-state index contributed by atoms with van der Waals surface area (Å²) in [6.45, 7) is 3.45. The first-order chi connectivity index (χ1) is 16.4. The Labute approximate surface area is 196 Å². The number of amides is 1. The van der Waals surface area contributed by atoms with Crippen molar-refractivity contribution in [3.63, 3.8) is 0 Å². The van der Waals surface area contributed by atoms with Crippen LogP contribution < -0.4 is 20.3 Å². The van der Waals surface area contributed by atoms with Gasteiger partial charge >= 0.3 is 0 Å². The number of nitrogens with zero attached hydrogens (tertiary/aromatic N) is 2. The van der Waals surface area contributed by atoms with Crippen LogP contribution in [0, 0.1) is 13.8 Å². The third kappa shape index (κ3) is 4.49. The predicted molar refractivity (Wildman–Crippen MR) is 129 cm³/mol. The van der Waals surface area contributed by atoms with Crippen LogP contribution in [-0.4, -0.2) is 30.2 Å².